The minimum absolute atomic E-state index is 0.0872. The van der Waals surface area contributed by atoms with Gasteiger partial charge in [0, 0.05) is 17.7 Å². The third-order valence-corrected chi connectivity index (χ3v) is 3.62. The Morgan fingerprint density at radius 3 is 2.25 bits per heavy atom. The van der Waals surface area contributed by atoms with Crippen LogP contribution in [0.3, 0.4) is 0 Å². The van der Waals surface area contributed by atoms with Crippen LogP contribution in [-0.4, -0.2) is 23.6 Å². The minimum atomic E-state index is -0.830. The number of rotatable bonds is 7. The largest absolute Gasteiger partial charge is 0.494 e. The Morgan fingerprint density at radius 2 is 1.67 bits per heavy atom. The van der Waals surface area contributed by atoms with Crippen LogP contribution in [0.5, 0.6) is 5.75 Å². The molecule has 0 spiro atoms. The summed E-state index contributed by atoms with van der Waals surface area (Å²) in [6.45, 7) is 4.17. The minimum Gasteiger partial charge on any atom is -0.494 e. The highest BCUT2D eigenvalue weighted by molar-refractivity contribution is 6.06. The topological polar surface area (TPSA) is 75.6 Å². The van der Waals surface area contributed by atoms with Crippen molar-refractivity contribution in [2.45, 2.75) is 26.7 Å². The summed E-state index contributed by atoms with van der Waals surface area (Å²) < 4.78 is 5.46. The van der Waals surface area contributed by atoms with Crippen molar-refractivity contribution < 1.29 is 19.4 Å². The number of hydrogen-bond acceptors (Lipinski definition) is 3. The standard InChI is InChI=1S/C19H21NO4/c1-13-5-3-6-14(2)18(13)19(23)20-15-8-10-16(11-9-15)24-12-4-7-17(21)22/h3,5-6,8-11H,4,7,12H2,1-2H3,(H,20,23)(H,21,22). The van der Waals surface area contributed by atoms with Crippen LogP contribution in [0.1, 0.15) is 34.3 Å². The molecular formula is C19H21NO4. The predicted octanol–water partition coefficient (Wildman–Crippen LogP) is 3.80. The normalized spacial score (nSPS) is 10.2. The van der Waals surface area contributed by atoms with E-state index in [1.807, 2.05) is 32.0 Å². The zero-order valence-corrected chi connectivity index (χ0v) is 13.8. The Bertz CT molecular complexity index is 702. The van der Waals surface area contributed by atoms with Gasteiger partial charge in [-0.2, -0.15) is 0 Å². The van der Waals surface area contributed by atoms with Gasteiger partial charge >= 0.3 is 5.97 Å². The van der Waals surface area contributed by atoms with Crippen molar-refractivity contribution in [3.8, 4) is 5.75 Å². The molecule has 0 aliphatic carbocycles. The first-order valence-electron chi connectivity index (χ1n) is 7.79. The Labute approximate surface area is 141 Å². The molecule has 5 heteroatoms. The summed E-state index contributed by atoms with van der Waals surface area (Å²) in [7, 11) is 0. The summed E-state index contributed by atoms with van der Waals surface area (Å²) in [5, 5.41) is 11.4. The second-order valence-corrected chi connectivity index (χ2v) is 5.59. The Kier molecular flexibility index (Phi) is 5.95. The summed E-state index contributed by atoms with van der Waals surface area (Å²) in [5.41, 5.74) is 3.24. The number of hydrogen-bond donors (Lipinski definition) is 2. The van der Waals surface area contributed by atoms with E-state index in [9.17, 15) is 9.59 Å². The van der Waals surface area contributed by atoms with Crippen LogP contribution in [0.25, 0.3) is 0 Å². The predicted molar refractivity (Wildman–Crippen MR) is 92.7 cm³/mol. The van der Waals surface area contributed by atoms with E-state index in [1.165, 1.54) is 0 Å². The number of anilines is 1. The zero-order valence-electron chi connectivity index (χ0n) is 13.8. The molecule has 0 aliphatic rings. The molecule has 2 aromatic carbocycles. The zero-order chi connectivity index (χ0) is 17.5. The fourth-order valence-corrected chi connectivity index (χ4v) is 2.41. The van der Waals surface area contributed by atoms with Gasteiger partial charge in [0.1, 0.15) is 5.75 Å². The highest BCUT2D eigenvalue weighted by Gasteiger charge is 2.12. The van der Waals surface area contributed by atoms with Crippen molar-refractivity contribution in [2.75, 3.05) is 11.9 Å². The third-order valence-electron chi connectivity index (χ3n) is 3.62. The second kappa shape index (κ2) is 8.15. The summed E-state index contributed by atoms with van der Waals surface area (Å²) >= 11 is 0. The molecule has 0 saturated carbocycles. The average molecular weight is 327 g/mol. The van der Waals surface area contributed by atoms with Crippen LogP contribution in [0.2, 0.25) is 0 Å². The molecule has 1 amide bonds. The molecule has 0 radical (unpaired) electrons. The van der Waals surface area contributed by atoms with Crippen molar-refractivity contribution in [3.05, 3.63) is 59.2 Å². The Balaban J connectivity index is 1.94. The average Bonchev–Trinajstić information content (AvgIpc) is 2.53. The molecule has 0 aromatic heterocycles. The van der Waals surface area contributed by atoms with Gasteiger partial charge in [0.05, 0.1) is 6.61 Å². The lowest BCUT2D eigenvalue weighted by atomic mass is 10.0. The van der Waals surface area contributed by atoms with E-state index in [4.69, 9.17) is 9.84 Å². The molecule has 0 heterocycles. The van der Waals surface area contributed by atoms with E-state index >= 15 is 0 Å². The lowest BCUT2D eigenvalue weighted by Gasteiger charge is -2.11. The van der Waals surface area contributed by atoms with Gasteiger partial charge in [-0.3, -0.25) is 9.59 Å². The summed E-state index contributed by atoms with van der Waals surface area (Å²) in [6.07, 6.45) is 0.546. The first kappa shape index (κ1) is 17.5. The van der Waals surface area contributed by atoms with Gasteiger partial charge in [-0.05, 0) is 55.7 Å². The second-order valence-electron chi connectivity index (χ2n) is 5.59. The molecule has 2 rings (SSSR count). The fraction of sp³-hybridized carbons (Fsp3) is 0.263. The third kappa shape index (κ3) is 4.84. The molecule has 2 aromatic rings. The van der Waals surface area contributed by atoms with E-state index in [-0.39, 0.29) is 12.3 Å². The molecule has 2 N–H and O–H groups in total. The van der Waals surface area contributed by atoms with Gasteiger partial charge in [-0.25, -0.2) is 0 Å². The van der Waals surface area contributed by atoms with Crippen LogP contribution in [0, 0.1) is 13.8 Å². The van der Waals surface area contributed by atoms with Gasteiger partial charge in [-0.1, -0.05) is 18.2 Å². The number of carboxylic acids is 1. The SMILES string of the molecule is Cc1cccc(C)c1C(=O)Nc1ccc(OCCCC(=O)O)cc1. The van der Waals surface area contributed by atoms with Crippen molar-refractivity contribution in [1.82, 2.24) is 0 Å². The van der Waals surface area contributed by atoms with E-state index in [2.05, 4.69) is 5.32 Å². The van der Waals surface area contributed by atoms with Gasteiger partial charge in [0.25, 0.3) is 5.91 Å². The van der Waals surface area contributed by atoms with E-state index in [1.54, 1.807) is 24.3 Å². The molecule has 0 atom stereocenters. The van der Waals surface area contributed by atoms with Gasteiger partial charge in [0.2, 0.25) is 0 Å². The number of nitrogens with one attached hydrogen (secondary N) is 1. The molecule has 0 aliphatic heterocycles. The highest BCUT2D eigenvalue weighted by Crippen LogP contribution is 2.19. The van der Waals surface area contributed by atoms with Crippen molar-refractivity contribution in [2.24, 2.45) is 0 Å². The maximum Gasteiger partial charge on any atom is 0.303 e. The van der Waals surface area contributed by atoms with Crippen LogP contribution in [-0.2, 0) is 4.79 Å². The van der Waals surface area contributed by atoms with Crippen molar-refractivity contribution in [3.63, 3.8) is 0 Å². The van der Waals surface area contributed by atoms with Crippen molar-refractivity contribution in [1.29, 1.82) is 0 Å². The monoisotopic (exact) mass is 327 g/mol. The first-order chi connectivity index (χ1) is 11.5. The smallest absolute Gasteiger partial charge is 0.303 e. The van der Waals surface area contributed by atoms with E-state index < -0.39 is 5.97 Å². The molecule has 0 saturated heterocycles. The number of amides is 1. The van der Waals surface area contributed by atoms with Crippen LogP contribution >= 0.6 is 0 Å². The number of carboxylic acid groups (broad SMARTS) is 1. The molecular weight excluding hydrogens is 306 g/mol. The van der Waals surface area contributed by atoms with Crippen LogP contribution < -0.4 is 10.1 Å². The molecule has 0 bridgehead atoms. The maximum atomic E-state index is 12.4. The summed E-state index contributed by atoms with van der Waals surface area (Å²) in [6, 6.07) is 12.8. The lowest BCUT2D eigenvalue weighted by Crippen LogP contribution is -2.14. The first-order valence-corrected chi connectivity index (χ1v) is 7.79. The fourth-order valence-electron chi connectivity index (χ4n) is 2.41. The van der Waals surface area contributed by atoms with E-state index in [0.717, 1.165) is 11.1 Å². The summed E-state index contributed by atoms with van der Waals surface area (Å²) in [5.74, 6) is -0.325. The molecule has 24 heavy (non-hydrogen) atoms. The van der Waals surface area contributed by atoms with Crippen LogP contribution in [0.4, 0.5) is 5.69 Å². The molecule has 0 fully saturated rings. The number of carbonyl (C=O) groups is 2. The van der Waals surface area contributed by atoms with E-state index in [0.29, 0.717) is 30.0 Å². The summed E-state index contributed by atoms with van der Waals surface area (Å²) in [4.78, 5) is 22.8. The number of ether oxygens (including phenoxy) is 1. The Hall–Kier alpha value is -2.82. The van der Waals surface area contributed by atoms with Gasteiger partial charge < -0.3 is 15.2 Å². The highest BCUT2D eigenvalue weighted by atomic mass is 16.5. The number of benzene rings is 2. The Morgan fingerprint density at radius 1 is 1.04 bits per heavy atom. The van der Waals surface area contributed by atoms with Crippen LogP contribution in [0.15, 0.2) is 42.5 Å². The van der Waals surface area contributed by atoms with Gasteiger partial charge in [-0.15, -0.1) is 0 Å². The van der Waals surface area contributed by atoms with Crippen molar-refractivity contribution >= 4 is 17.6 Å². The molecule has 5 nitrogen and oxygen atoms in total. The van der Waals surface area contributed by atoms with Gasteiger partial charge in [0.15, 0.2) is 0 Å². The quantitative estimate of drug-likeness (QED) is 0.759. The number of aryl methyl sites for hydroxylation is 2. The lowest BCUT2D eigenvalue weighted by molar-refractivity contribution is -0.137. The number of carbonyl (C=O) groups excluding carboxylic acids is 1. The molecule has 0 unspecified atom stereocenters. The maximum absolute atomic E-state index is 12.4. The number of aliphatic carboxylic acids is 1. The molecule has 126 valence electrons.